The first-order valence-electron chi connectivity index (χ1n) is 8.03. The lowest BCUT2D eigenvalue weighted by molar-refractivity contribution is -0.139. The molecule has 9 heteroatoms. The zero-order valence-electron chi connectivity index (χ0n) is 14.1. The Morgan fingerprint density at radius 2 is 1.88 bits per heavy atom. The van der Waals surface area contributed by atoms with E-state index in [1.165, 1.54) is 19.2 Å². The Bertz CT molecular complexity index is 637. The van der Waals surface area contributed by atoms with Gasteiger partial charge in [0.1, 0.15) is 0 Å². The fourth-order valence-corrected chi connectivity index (χ4v) is 3.41. The first kappa shape index (κ1) is 18.1. The first-order chi connectivity index (χ1) is 11.7. The molecule has 138 valence electrons. The van der Waals surface area contributed by atoms with Crippen LogP contribution in [0.25, 0.3) is 0 Å². The van der Waals surface area contributed by atoms with E-state index < -0.39 is 18.1 Å². The zero-order valence-corrected chi connectivity index (χ0v) is 14.1. The van der Waals surface area contributed by atoms with Gasteiger partial charge in [-0.15, -0.1) is 0 Å². The number of hydrogen-bond acceptors (Lipinski definition) is 5. The van der Waals surface area contributed by atoms with Crippen molar-refractivity contribution >= 4 is 5.91 Å². The molecule has 0 saturated carbocycles. The van der Waals surface area contributed by atoms with Gasteiger partial charge in [-0.05, 0) is 31.5 Å². The molecule has 1 aromatic carbocycles. The van der Waals surface area contributed by atoms with Gasteiger partial charge in [-0.3, -0.25) is 10.1 Å². The molecule has 3 rings (SSSR count). The predicted octanol–water partition coefficient (Wildman–Crippen LogP) is 1.57. The molecular weight excluding hydrogens is 337 g/mol. The molecule has 5 unspecified atom stereocenters. The Kier molecular flexibility index (Phi) is 4.76. The summed E-state index contributed by atoms with van der Waals surface area (Å²) in [5.74, 6) is -0.457. The van der Waals surface area contributed by atoms with Crippen molar-refractivity contribution in [1.29, 1.82) is 0 Å². The summed E-state index contributed by atoms with van der Waals surface area (Å²) in [5, 5.41) is 7.78. The molecule has 0 radical (unpaired) electrons. The molecule has 5 atom stereocenters. The second-order valence-electron chi connectivity index (χ2n) is 6.38. The maximum Gasteiger partial charge on any atom is 0.416 e. The summed E-state index contributed by atoms with van der Waals surface area (Å²) in [6.07, 6.45) is -5.30. The number of hydrazine groups is 1. The smallest absolute Gasteiger partial charge is 0.348 e. The molecule has 25 heavy (non-hydrogen) atoms. The van der Waals surface area contributed by atoms with Gasteiger partial charge in [0.15, 0.2) is 6.35 Å². The molecule has 0 spiro atoms. The van der Waals surface area contributed by atoms with E-state index in [2.05, 4.69) is 16.1 Å². The summed E-state index contributed by atoms with van der Waals surface area (Å²) < 4.78 is 43.4. The predicted molar refractivity (Wildman–Crippen MR) is 83.6 cm³/mol. The van der Waals surface area contributed by atoms with Crippen molar-refractivity contribution in [3.63, 3.8) is 0 Å². The Hall–Kier alpha value is -1.68. The summed E-state index contributed by atoms with van der Waals surface area (Å²) in [6, 6.07) is 4.71. The minimum atomic E-state index is -4.36. The largest absolute Gasteiger partial charge is 0.416 e. The molecule has 1 amide bonds. The second-order valence-corrected chi connectivity index (χ2v) is 6.38. The quantitative estimate of drug-likeness (QED) is 0.766. The molecule has 2 aliphatic rings. The van der Waals surface area contributed by atoms with Gasteiger partial charge in [0.2, 0.25) is 5.91 Å². The van der Waals surface area contributed by atoms with Crippen molar-refractivity contribution in [3.05, 3.63) is 35.4 Å². The van der Waals surface area contributed by atoms with Crippen molar-refractivity contribution in [2.24, 2.45) is 5.92 Å². The highest BCUT2D eigenvalue weighted by Gasteiger charge is 2.49. The van der Waals surface area contributed by atoms with Crippen molar-refractivity contribution < 1.29 is 22.7 Å². The monoisotopic (exact) mass is 358 g/mol. The fraction of sp³-hybridized carbons (Fsp3) is 0.562. The van der Waals surface area contributed by atoms with Crippen LogP contribution < -0.4 is 16.1 Å². The molecule has 0 aromatic heterocycles. The Morgan fingerprint density at radius 3 is 2.44 bits per heavy atom. The van der Waals surface area contributed by atoms with Gasteiger partial charge in [-0.2, -0.15) is 13.2 Å². The van der Waals surface area contributed by atoms with Crippen LogP contribution in [0.2, 0.25) is 0 Å². The van der Waals surface area contributed by atoms with E-state index in [-0.39, 0.29) is 30.1 Å². The number of halogens is 3. The number of carbonyl (C=O) groups excluding carboxylic acids is 1. The molecule has 0 bridgehead atoms. The Labute approximate surface area is 143 Å². The van der Waals surface area contributed by atoms with Crippen LogP contribution in [0.1, 0.15) is 31.0 Å². The van der Waals surface area contributed by atoms with E-state index in [9.17, 15) is 18.0 Å². The Balaban J connectivity index is 1.81. The summed E-state index contributed by atoms with van der Waals surface area (Å²) in [7, 11) is 1.48. The van der Waals surface area contributed by atoms with E-state index in [1.807, 2.05) is 18.9 Å². The minimum absolute atomic E-state index is 0.118. The molecule has 2 heterocycles. The van der Waals surface area contributed by atoms with Gasteiger partial charge >= 0.3 is 6.18 Å². The van der Waals surface area contributed by atoms with Crippen molar-refractivity contribution in [3.8, 4) is 0 Å². The number of fused-ring (bicyclic) bond motifs is 1. The Morgan fingerprint density at radius 1 is 1.24 bits per heavy atom. The molecule has 2 saturated heterocycles. The van der Waals surface area contributed by atoms with Gasteiger partial charge in [-0.1, -0.05) is 12.1 Å². The van der Waals surface area contributed by atoms with Crippen LogP contribution in [0.4, 0.5) is 13.2 Å². The van der Waals surface area contributed by atoms with Gasteiger partial charge < -0.3 is 10.1 Å². The zero-order chi connectivity index (χ0) is 18.4. The van der Waals surface area contributed by atoms with Gasteiger partial charge in [0.05, 0.1) is 17.6 Å². The van der Waals surface area contributed by atoms with Crippen LogP contribution in [0, 0.1) is 5.92 Å². The standard InChI is InChI=1S/C16H21F3N4O2/c1-8-12-13(20-15(25-3)21-14(12)24)23(22-8)9(2)10-4-6-11(7-5-10)16(17,18)19/h4-9,12-13,15,20,22H,1-3H3,(H,21,24). The molecule has 3 N–H and O–H groups in total. The molecule has 2 fully saturated rings. The van der Waals surface area contributed by atoms with E-state index in [4.69, 9.17) is 4.74 Å². The van der Waals surface area contributed by atoms with Gasteiger partial charge in [0.25, 0.3) is 0 Å². The lowest BCUT2D eigenvalue weighted by Gasteiger charge is -2.38. The number of nitrogens with zero attached hydrogens (tertiary/aromatic N) is 1. The maximum atomic E-state index is 12.7. The molecular formula is C16H21F3N4O2. The molecule has 6 nitrogen and oxygen atoms in total. The highest BCUT2D eigenvalue weighted by molar-refractivity contribution is 5.81. The minimum Gasteiger partial charge on any atom is -0.348 e. The number of amides is 1. The first-order valence-corrected chi connectivity index (χ1v) is 8.03. The van der Waals surface area contributed by atoms with Crippen LogP contribution in [0.3, 0.4) is 0 Å². The van der Waals surface area contributed by atoms with Crippen LogP contribution in [0.5, 0.6) is 0 Å². The van der Waals surface area contributed by atoms with E-state index in [1.54, 1.807) is 0 Å². The van der Waals surface area contributed by atoms with Gasteiger partial charge in [-0.25, -0.2) is 10.4 Å². The van der Waals surface area contributed by atoms with Crippen molar-refractivity contribution in [2.45, 2.75) is 44.6 Å². The highest BCUT2D eigenvalue weighted by Crippen LogP contribution is 2.33. The number of nitrogens with one attached hydrogen (secondary N) is 3. The van der Waals surface area contributed by atoms with Crippen molar-refractivity contribution in [1.82, 2.24) is 21.1 Å². The lowest BCUT2D eigenvalue weighted by atomic mass is 9.96. The summed E-state index contributed by atoms with van der Waals surface area (Å²) in [5.41, 5.74) is 3.28. The van der Waals surface area contributed by atoms with E-state index in [0.717, 1.165) is 17.7 Å². The normalized spacial score (nSPS) is 31.5. The topological polar surface area (TPSA) is 65.6 Å². The van der Waals surface area contributed by atoms with Crippen LogP contribution in [-0.4, -0.2) is 36.6 Å². The van der Waals surface area contributed by atoms with E-state index >= 15 is 0 Å². The maximum absolute atomic E-state index is 12.7. The lowest BCUT2D eigenvalue weighted by Crippen LogP contribution is -2.65. The summed E-state index contributed by atoms with van der Waals surface area (Å²) in [6.45, 7) is 3.77. The number of carbonyl (C=O) groups is 1. The molecule has 1 aromatic rings. The average molecular weight is 358 g/mol. The number of hydrogen-bond donors (Lipinski definition) is 3. The van der Waals surface area contributed by atoms with E-state index in [0.29, 0.717) is 0 Å². The summed E-state index contributed by atoms with van der Waals surface area (Å²) >= 11 is 0. The SMILES string of the molecule is COC1NC(=O)C2C(C)NN(C(C)c3ccc(C(F)(F)F)cc3)C2N1. The third kappa shape index (κ3) is 3.37. The highest BCUT2D eigenvalue weighted by atomic mass is 19.4. The molecule has 2 aliphatic heterocycles. The average Bonchev–Trinajstić information content (AvgIpc) is 2.90. The fourth-order valence-electron chi connectivity index (χ4n) is 3.41. The van der Waals surface area contributed by atoms with Crippen LogP contribution in [-0.2, 0) is 15.7 Å². The number of rotatable bonds is 3. The van der Waals surface area contributed by atoms with Crippen LogP contribution in [0.15, 0.2) is 24.3 Å². The molecule has 0 aliphatic carbocycles. The van der Waals surface area contributed by atoms with Crippen molar-refractivity contribution in [2.75, 3.05) is 7.11 Å². The number of methoxy groups -OCH3 is 1. The number of ether oxygens (including phenoxy) is 1. The second kappa shape index (κ2) is 6.56. The number of alkyl halides is 3. The third-order valence-electron chi connectivity index (χ3n) is 4.80. The number of benzene rings is 1. The van der Waals surface area contributed by atoms with Gasteiger partial charge in [0, 0.05) is 19.2 Å². The third-order valence-corrected chi connectivity index (χ3v) is 4.80. The van der Waals surface area contributed by atoms with Crippen LogP contribution >= 0.6 is 0 Å². The summed E-state index contributed by atoms with van der Waals surface area (Å²) in [4.78, 5) is 12.3.